The number of carbonyl (C=O) groups is 1. The Bertz CT molecular complexity index is 1040. The van der Waals surface area contributed by atoms with Crippen molar-refractivity contribution in [3.05, 3.63) is 0 Å². The van der Waals surface area contributed by atoms with E-state index >= 15 is 0 Å². The van der Waals surface area contributed by atoms with E-state index in [1.165, 1.54) is 116 Å². The zero-order valence-electron chi connectivity index (χ0n) is 37.4. The third kappa shape index (κ3) is 20.7. The molecule has 14 nitrogen and oxygen atoms in total. The molecule has 0 saturated carbocycles. The van der Waals surface area contributed by atoms with Crippen LogP contribution in [0.25, 0.3) is 0 Å². The Morgan fingerprint density at radius 1 is 0.533 bits per heavy atom. The van der Waals surface area contributed by atoms with Gasteiger partial charge in [-0.25, -0.2) is 0 Å². The first kappa shape index (κ1) is 55.1. The summed E-state index contributed by atoms with van der Waals surface area (Å²) in [4.78, 5) is 13.3. The van der Waals surface area contributed by atoms with Crippen molar-refractivity contribution < 1.29 is 65.0 Å². The molecule has 0 aromatic heterocycles. The quantitative estimate of drug-likeness (QED) is 0.0381. The number of unbranched alkanes of at least 4 members (excludes halogenated alkanes) is 24. The first-order chi connectivity index (χ1) is 29.0. The van der Waals surface area contributed by atoms with Crippen molar-refractivity contribution in [3.63, 3.8) is 0 Å². The van der Waals surface area contributed by atoms with Gasteiger partial charge in [0.15, 0.2) is 6.29 Å². The number of aliphatic hydroxyl groups excluding tert-OH is 9. The fourth-order valence-electron chi connectivity index (χ4n) is 8.63. The van der Waals surface area contributed by atoms with E-state index in [9.17, 15) is 50.8 Å². The molecule has 0 radical (unpaired) electrons. The molecule has 0 bridgehead atoms. The highest BCUT2D eigenvalue weighted by Crippen LogP contribution is 2.31. The predicted molar refractivity (Wildman–Crippen MR) is 231 cm³/mol. The van der Waals surface area contributed by atoms with Crippen LogP contribution in [0.5, 0.6) is 0 Å². The van der Waals surface area contributed by atoms with E-state index < -0.39 is 92.7 Å². The molecule has 2 fully saturated rings. The Balaban J connectivity index is 1.94. The highest BCUT2D eigenvalue weighted by molar-refractivity contribution is 5.76. The van der Waals surface area contributed by atoms with Gasteiger partial charge in [-0.1, -0.05) is 174 Å². The Morgan fingerprint density at radius 3 is 1.42 bits per heavy atom. The molecule has 2 saturated heterocycles. The van der Waals surface area contributed by atoms with Crippen molar-refractivity contribution in [2.75, 3.05) is 13.2 Å². The van der Waals surface area contributed by atoms with Crippen LogP contribution in [0.15, 0.2) is 0 Å². The van der Waals surface area contributed by atoms with Crippen molar-refractivity contribution in [3.8, 4) is 0 Å². The van der Waals surface area contributed by atoms with E-state index in [0.29, 0.717) is 12.8 Å². The van der Waals surface area contributed by atoms with Crippen LogP contribution in [0.1, 0.15) is 194 Å². The van der Waals surface area contributed by atoms with E-state index in [-0.39, 0.29) is 18.7 Å². The normalized spacial score (nSPS) is 28.7. The van der Waals surface area contributed by atoms with E-state index in [1.807, 2.05) is 0 Å². The molecule has 10 N–H and O–H groups in total. The number of amides is 1. The summed E-state index contributed by atoms with van der Waals surface area (Å²) in [6.45, 7) is 2.97. The molecule has 2 aliphatic heterocycles. The molecule has 13 atom stereocenters. The Morgan fingerprint density at radius 2 is 0.967 bits per heavy atom. The van der Waals surface area contributed by atoms with Crippen molar-refractivity contribution in [2.24, 2.45) is 0 Å². The molecule has 2 aliphatic rings. The smallest absolute Gasteiger partial charge is 0.220 e. The fraction of sp³-hybridized carbons (Fsp3) is 0.978. The Labute approximate surface area is 361 Å². The second kappa shape index (κ2) is 33.5. The first-order valence-corrected chi connectivity index (χ1v) is 24.3. The maximum absolute atomic E-state index is 13.3. The molecule has 1 unspecified atom stereocenters. The predicted octanol–water partition coefficient (Wildman–Crippen LogP) is 4.82. The summed E-state index contributed by atoms with van der Waals surface area (Å²) >= 11 is 0. The van der Waals surface area contributed by atoms with Crippen LogP contribution in [0.2, 0.25) is 0 Å². The minimum Gasteiger partial charge on any atom is -0.394 e. The highest BCUT2D eigenvalue weighted by atomic mass is 16.7. The average molecular weight is 864 g/mol. The largest absolute Gasteiger partial charge is 0.394 e. The van der Waals surface area contributed by atoms with Crippen LogP contribution in [-0.2, 0) is 19.0 Å². The summed E-state index contributed by atoms with van der Waals surface area (Å²) in [6, 6.07) is -1.26. The van der Waals surface area contributed by atoms with E-state index in [1.54, 1.807) is 0 Å². The topological polar surface area (TPSA) is 239 Å². The minimum atomic E-state index is -1.85. The second-order valence-electron chi connectivity index (χ2n) is 17.8. The molecule has 14 heteroatoms. The van der Waals surface area contributed by atoms with Gasteiger partial charge in [0.1, 0.15) is 61.0 Å². The van der Waals surface area contributed by atoms with Crippen molar-refractivity contribution in [1.29, 1.82) is 0 Å². The lowest BCUT2D eigenvalue weighted by Crippen LogP contribution is -2.68. The number of rotatable bonds is 36. The van der Waals surface area contributed by atoms with Crippen LogP contribution >= 0.6 is 0 Å². The van der Waals surface area contributed by atoms with Crippen LogP contribution in [-0.4, -0.2) is 145 Å². The molecule has 0 aliphatic carbocycles. The molecule has 2 rings (SSSR count). The molecule has 0 aromatic rings. The molecular weight excluding hydrogens is 774 g/mol. The van der Waals surface area contributed by atoms with Crippen LogP contribution < -0.4 is 5.32 Å². The average Bonchev–Trinajstić information content (AvgIpc) is 3.24. The Kier molecular flexibility index (Phi) is 30.8. The summed E-state index contributed by atoms with van der Waals surface area (Å²) in [5.74, 6) is -0.361. The Hall–Kier alpha value is -1.01. The van der Waals surface area contributed by atoms with Gasteiger partial charge in [0, 0.05) is 6.42 Å². The third-order valence-corrected chi connectivity index (χ3v) is 12.6. The van der Waals surface area contributed by atoms with E-state index in [4.69, 9.17) is 14.2 Å². The maximum Gasteiger partial charge on any atom is 0.220 e. The minimum absolute atomic E-state index is 0.192. The van der Waals surface area contributed by atoms with Crippen molar-refractivity contribution in [2.45, 2.75) is 273 Å². The number of hydrogen-bond acceptors (Lipinski definition) is 13. The van der Waals surface area contributed by atoms with Crippen LogP contribution in [0, 0.1) is 0 Å². The maximum atomic E-state index is 13.3. The highest BCUT2D eigenvalue weighted by Gasteiger charge is 2.53. The zero-order chi connectivity index (χ0) is 44.1. The lowest BCUT2D eigenvalue weighted by molar-refractivity contribution is -0.345. The fourth-order valence-corrected chi connectivity index (χ4v) is 8.63. The van der Waals surface area contributed by atoms with Crippen molar-refractivity contribution in [1.82, 2.24) is 5.32 Å². The molecule has 356 valence electrons. The number of ether oxygens (including phenoxy) is 3. The number of carbonyl (C=O) groups excluding carboxylic acids is 1. The number of nitrogens with one attached hydrogen (secondary N) is 1. The molecular formula is C46H89NO13. The van der Waals surface area contributed by atoms with Gasteiger partial charge >= 0.3 is 0 Å². The molecule has 1 amide bonds. The SMILES string of the molecule is CCCCCCCCCCCCCCCC(=O)N[C@@H](C(O)[C@@H]1O[C@H](CO)[C@@H](O[C@@H]2O[C@H](CO)[C@H](O)[C@H](O)[C@H]2O)[C@H](O)[C@H]1O)[C@H](O)CCCCCCCCCCCCCCC. The van der Waals surface area contributed by atoms with Crippen molar-refractivity contribution >= 4 is 5.91 Å². The summed E-state index contributed by atoms with van der Waals surface area (Å²) in [6.07, 6.45) is 11.4. The van der Waals surface area contributed by atoms with Gasteiger partial charge in [-0.3, -0.25) is 4.79 Å². The van der Waals surface area contributed by atoms with Gasteiger partial charge < -0.3 is 65.5 Å². The molecule has 2 heterocycles. The third-order valence-electron chi connectivity index (χ3n) is 12.6. The summed E-state index contributed by atoms with van der Waals surface area (Å²) in [5, 5.41) is 99.0. The van der Waals surface area contributed by atoms with Gasteiger partial charge in [0.25, 0.3) is 0 Å². The van der Waals surface area contributed by atoms with Gasteiger partial charge in [-0.05, 0) is 12.8 Å². The van der Waals surface area contributed by atoms with Crippen LogP contribution in [0.3, 0.4) is 0 Å². The van der Waals surface area contributed by atoms with Gasteiger partial charge in [-0.15, -0.1) is 0 Å². The van der Waals surface area contributed by atoms with Crippen LogP contribution in [0.4, 0.5) is 0 Å². The zero-order valence-corrected chi connectivity index (χ0v) is 37.4. The second-order valence-corrected chi connectivity index (χ2v) is 17.8. The molecule has 60 heavy (non-hydrogen) atoms. The summed E-state index contributed by atoms with van der Waals surface area (Å²) in [7, 11) is 0. The number of hydrogen-bond donors (Lipinski definition) is 10. The summed E-state index contributed by atoms with van der Waals surface area (Å²) in [5.41, 5.74) is 0. The monoisotopic (exact) mass is 864 g/mol. The lowest BCUT2D eigenvalue weighted by atomic mass is 9.87. The number of aliphatic hydroxyl groups is 9. The standard InChI is InChI=1S/C46H89NO13/c1-3-5-7-9-11-13-15-17-19-21-23-25-27-29-33(50)37(47-36(51)30-28-26-24-22-20-18-16-14-12-10-8-6-4-2)39(53)45-42(56)41(55)44(35(32-49)58-45)60-46-43(57)40(54)38(52)34(31-48)59-46/h33-35,37-46,48-50,52-57H,3-32H2,1-2H3,(H,47,51)/t33-,34-,35-,37-,38+,39?,40+,41-,42-,43-,44-,45+,46+/m1/s1. The van der Waals surface area contributed by atoms with Gasteiger partial charge in [0.05, 0.1) is 25.4 Å². The molecule has 0 spiro atoms. The lowest BCUT2D eigenvalue weighted by Gasteiger charge is -2.47. The van der Waals surface area contributed by atoms with Gasteiger partial charge in [0.2, 0.25) is 5.91 Å². The van der Waals surface area contributed by atoms with E-state index in [2.05, 4.69) is 19.2 Å². The van der Waals surface area contributed by atoms with Gasteiger partial charge in [-0.2, -0.15) is 0 Å². The summed E-state index contributed by atoms with van der Waals surface area (Å²) < 4.78 is 17.0. The van der Waals surface area contributed by atoms with E-state index in [0.717, 1.165) is 38.5 Å². The molecule has 0 aromatic carbocycles. The first-order valence-electron chi connectivity index (χ1n) is 24.3.